The van der Waals surface area contributed by atoms with E-state index in [2.05, 4.69) is 24.1 Å². The third-order valence-corrected chi connectivity index (χ3v) is 5.74. The molecule has 17 heavy (non-hydrogen) atoms. The van der Waals surface area contributed by atoms with E-state index in [1.807, 2.05) is 0 Å². The quantitative estimate of drug-likeness (QED) is 0.794. The number of nitrogens with one attached hydrogen (secondary N) is 1. The Balaban J connectivity index is 2.55. The van der Waals surface area contributed by atoms with Crippen molar-refractivity contribution in [1.82, 2.24) is 10.2 Å². The fraction of sp³-hybridized carbons (Fsp3) is 1.00. The topological polar surface area (TPSA) is 49.4 Å². The third kappa shape index (κ3) is 4.23. The van der Waals surface area contributed by atoms with Gasteiger partial charge < -0.3 is 5.32 Å². The van der Waals surface area contributed by atoms with Gasteiger partial charge in [0.25, 0.3) is 0 Å². The first-order chi connectivity index (χ1) is 7.84. The molecule has 0 aliphatic carbocycles. The molecule has 0 aromatic rings. The van der Waals surface area contributed by atoms with Crippen molar-refractivity contribution in [2.75, 3.05) is 31.9 Å². The molecule has 0 bridgehead atoms. The average molecular weight is 262 g/mol. The zero-order chi connectivity index (χ0) is 13.1. The molecule has 0 radical (unpaired) electrons. The predicted molar refractivity (Wildman–Crippen MR) is 72.0 cm³/mol. The van der Waals surface area contributed by atoms with Crippen molar-refractivity contribution in [3.8, 4) is 0 Å². The normalized spacial score (nSPS) is 23.5. The van der Waals surface area contributed by atoms with Gasteiger partial charge in [-0.2, -0.15) is 0 Å². The van der Waals surface area contributed by atoms with Crippen molar-refractivity contribution in [1.29, 1.82) is 0 Å². The van der Waals surface area contributed by atoms with E-state index >= 15 is 0 Å². The van der Waals surface area contributed by atoms with Crippen LogP contribution < -0.4 is 5.32 Å². The third-order valence-electron chi connectivity index (χ3n) is 3.55. The number of sulfone groups is 1. The number of nitrogens with zero attached hydrogens (tertiary/aromatic N) is 1. The summed E-state index contributed by atoms with van der Waals surface area (Å²) in [7, 11) is -2.91. The van der Waals surface area contributed by atoms with E-state index in [9.17, 15) is 8.42 Å². The van der Waals surface area contributed by atoms with E-state index in [1.165, 1.54) is 0 Å². The maximum atomic E-state index is 11.8. The Bertz CT molecular complexity index is 325. The second-order valence-corrected chi connectivity index (χ2v) is 8.14. The zero-order valence-electron chi connectivity index (χ0n) is 11.4. The summed E-state index contributed by atoms with van der Waals surface area (Å²) in [6, 6.07) is 0.464. The predicted octanol–water partition coefficient (Wildman–Crippen LogP) is 0.739. The number of piperazine rings is 1. The van der Waals surface area contributed by atoms with Gasteiger partial charge in [-0.15, -0.1) is 0 Å². The highest BCUT2D eigenvalue weighted by Gasteiger charge is 2.26. The van der Waals surface area contributed by atoms with Crippen LogP contribution in [-0.2, 0) is 9.84 Å². The van der Waals surface area contributed by atoms with Crippen molar-refractivity contribution in [3.05, 3.63) is 0 Å². The lowest BCUT2D eigenvalue weighted by molar-refractivity contribution is 0.132. The molecule has 1 aliphatic rings. The molecule has 1 heterocycles. The Kier molecular flexibility index (Phi) is 5.41. The first-order valence-electron chi connectivity index (χ1n) is 6.51. The van der Waals surface area contributed by atoms with Crippen molar-refractivity contribution >= 4 is 9.84 Å². The van der Waals surface area contributed by atoms with Crippen LogP contribution in [0, 0.1) is 5.92 Å². The van der Waals surface area contributed by atoms with Gasteiger partial charge in [0.2, 0.25) is 0 Å². The largest absolute Gasteiger partial charge is 0.314 e. The molecule has 1 unspecified atom stereocenters. The summed E-state index contributed by atoms with van der Waals surface area (Å²) in [4.78, 5) is 2.32. The highest BCUT2D eigenvalue weighted by Crippen LogP contribution is 2.13. The molecule has 1 N–H and O–H groups in total. The Morgan fingerprint density at radius 3 is 2.47 bits per heavy atom. The van der Waals surface area contributed by atoms with Crippen molar-refractivity contribution in [3.63, 3.8) is 0 Å². The van der Waals surface area contributed by atoms with Gasteiger partial charge in [0.15, 0.2) is 9.84 Å². The molecule has 0 aromatic heterocycles. The van der Waals surface area contributed by atoms with Gasteiger partial charge >= 0.3 is 0 Å². The molecule has 102 valence electrons. The fourth-order valence-electron chi connectivity index (χ4n) is 2.18. The maximum absolute atomic E-state index is 11.8. The standard InChI is InChI=1S/C12H26N2O2S/c1-10(2)12-9-13-5-6-14(12)7-8-17(15,16)11(3)4/h10-13H,5-9H2,1-4H3. The minimum absolute atomic E-state index is 0.261. The van der Waals surface area contributed by atoms with E-state index in [4.69, 9.17) is 0 Å². The van der Waals surface area contributed by atoms with Crippen molar-refractivity contribution < 1.29 is 8.42 Å². The Morgan fingerprint density at radius 2 is 1.94 bits per heavy atom. The van der Waals surface area contributed by atoms with E-state index in [1.54, 1.807) is 13.8 Å². The smallest absolute Gasteiger partial charge is 0.153 e. The van der Waals surface area contributed by atoms with Crippen molar-refractivity contribution in [2.45, 2.75) is 39.0 Å². The lowest BCUT2D eigenvalue weighted by Crippen LogP contribution is -2.54. The van der Waals surface area contributed by atoms with Crippen LogP contribution in [0.3, 0.4) is 0 Å². The SMILES string of the molecule is CC(C)C1CNCCN1CCS(=O)(=O)C(C)C. The Labute approximate surface area is 106 Å². The van der Waals surface area contributed by atoms with Gasteiger partial charge in [-0.1, -0.05) is 13.8 Å². The molecule has 4 nitrogen and oxygen atoms in total. The van der Waals surface area contributed by atoms with Crippen LogP contribution in [-0.4, -0.2) is 56.5 Å². The summed E-state index contributed by atoms with van der Waals surface area (Å²) < 4.78 is 23.6. The van der Waals surface area contributed by atoms with Crippen LogP contribution in [0.25, 0.3) is 0 Å². The molecule has 0 amide bonds. The lowest BCUT2D eigenvalue weighted by atomic mass is 10.0. The van der Waals surface area contributed by atoms with Gasteiger partial charge in [0.05, 0.1) is 11.0 Å². The van der Waals surface area contributed by atoms with Crippen LogP contribution in [0.1, 0.15) is 27.7 Å². The maximum Gasteiger partial charge on any atom is 0.153 e. The second kappa shape index (κ2) is 6.16. The summed E-state index contributed by atoms with van der Waals surface area (Å²) >= 11 is 0. The summed E-state index contributed by atoms with van der Waals surface area (Å²) in [5.74, 6) is 0.845. The zero-order valence-corrected chi connectivity index (χ0v) is 12.3. The van der Waals surface area contributed by atoms with E-state index in [0.29, 0.717) is 18.5 Å². The number of hydrogen-bond donors (Lipinski definition) is 1. The first kappa shape index (κ1) is 14.9. The summed E-state index contributed by atoms with van der Waals surface area (Å²) in [6.07, 6.45) is 0. The molecule has 1 aliphatic heterocycles. The van der Waals surface area contributed by atoms with Crippen molar-refractivity contribution in [2.24, 2.45) is 5.92 Å². The van der Waals surface area contributed by atoms with Gasteiger partial charge in [-0.05, 0) is 19.8 Å². The van der Waals surface area contributed by atoms with E-state index < -0.39 is 9.84 Å². The molecule has 0 saturated carbocycles. The van der Waals surface area contributed by atoms with Gasteiger partial charge in [0, 0.05) is 32.2 Å². The van der Waals surface area contributed by atoms with Gasteiger partial charge in [0.1, 0.15) is 0 Å². The minimum Gasteiger partial charge on any atom is -0.314 e. The Morgan fingerprint density at radius 1 is 1.29 bits per heavy atom. The van der Waals surface area contributed by atoms with Crippen LogP contribution in [0.2, 0.25) is 0 Å². The van der Waals surface area contributed by atoms with Crippen LogP contribution in [0.4, 0.5) is 0 Å². The molecule has 1 atom stereocenters. The monoisotopic (exact) mass is 262 g/mol. The first-order valence-corrected chi connectivity index (χ1v) is 8.22. The molecule has 5 heteroatoms. The highest BCUT2D eigenvalue weighted by molar-refractivity contribution is 7.92. The summed E-state index contributed by atoms with van der Waals surface area (Å²) in [5.41, 5.74) is 0. The summed E-state index contributed by atoms with van der Waals surface area (Å²) in [6.45, 7) is 11.5. The average Bonchev–Trinajstić information content (AvgIpc) is 2.26. The second-order valence-electron chi connectivity index (χ2n) is 5.47. The summed E-state index contributed by atoms with van der Waals surface area (Å²) in [5, 5.41) is 3.11. The minimum atomic E-state index is -2.91. The van der Waals surface area contributed by atoms with Crippen LogP contribution in [0.15, 0.2) is 0 Å². The molecule has 0 aromatic carbocycles. The molecular weight excluding hydrogens is 236 g/mol. The molecule has 1 fully saturated rings. The van der Waals surface area contributed by atoms with E-state index in [-0.39, 0.29) is 11.0 Å². The fourth-order valence-corrected chi connectivity index (χ4v) is 3.14. The van der Waals surface area contributed by atoms with E-state index in [0.717, 1.165) is 19.6 Å². The van der Waals surface area contributed by atoms with Crippen LogP contribution in [0.5, 0.6) is 0 Å². The van der Waals surface area contributed by atoms with Gasteiger partial charge in [-0.25, -0.2) is 8.42 Å². The molecule has 1 rings (SSSR count). The lowest BCUT2D eigenvalue weighted by Gasteiger charge is -2.38. The highest BCUT2D eigenvalue weighted by atomic mass is 32.2. The van der Waals surface area contributed by atoms with Crippen LogP contribution >= 0.6 is 0 Å². The molecule has 1 saturated heterocycles. The number of hydrogen-bond acceptors (Lipinski definition) is 4. The van der Waals surface area contributed by atoms with Gasteiger partial charge in [-0.3, -0.25) is 4.90 Å². The molecule has 0 spiro atoms. The molecular formula is C12H26N2O2S. The number of rotatable bonds is 5. The Hall–Kier alpha value is -0.130.